The average Bonchev–Trinajstić information content (AvgIpc) is 3.43. The number of amides is 2. The van der Waals surface area contributed by atoms with Crippen LogP contribution in [0.4, 0.5) is 10.8 Å². The number of oxazole rings is 1. The van der Waals surface area contributed by atoms with Gasteiger partial charge >= 0.3 is 6.09 Å². The summed E-state index contributed by atoms with van der Waals surface area (Å²) in [5.41, 5.74) is 2.15. The lowest BCUT2D eigenvalue weighted by molar-refractivity contribution is 0.0101. The van der Waals surface area contributed by atoms with E-state index in [4.69, 9.17) is 9.15 Å². The van der Waals surface area contributed by atoms with Gasteiger partial charge in [-0.25, -0.2) is 9.78 Å². The summed E-state index contributed by atoms with van der Waals surface area (Å²) in [5.74, 6) is -0.258. The molecule has 10 nitrogen and oxygen atoms in total. The third-order valence-electron chi connectivity index (χ3n) is 5.72. The largest absolute Gasteiger partial charge is 0.465 e. The van der Waals surface area contributed by atoms with E-state index in [1.807, 2.05) is 16.3 Å². The lowest BCUT2D eigenvalue weighted by Crippen LogP contribution is -2.70. The van der Waals surface area contributed by atoms with Crippen molar-refractivity contribution in [1.29, 1.82) is 0 Å². The van der Waals surface area contributed by atoms with E-state index in [2.05, 4.69) is 15.3 Å². The predicted octanol–water partition coefficient (Wildman–Crippen LogP) is 2.27. The molecular formula is C20H21N5O5S. The van der Waals surface area contributed by atoms with E-state index >= 15 is 0 Å². The fourth-order valence-corrected chi connectivity index (χ4v) is 4.94. The van der Waals surface area contributed by atoms with Crippen molar-refractivity contribution in [2.45, 2.75) is 18.5 Å². The Morgan fingerprint density at radius 2 is 2.16 bits per heavy atom. The molecule has 31 heavy (non-hydrogen) atoms. The number of anilines is 1. The summed E-state index contributed by atoms with van der Waals surface area (Å²) in [7, 11) is 1.58. The maximum absolute atomic E-state index is 12.7. The fourth-order valence-electron chi connectivity index (χ4n) is 4.28. The van der Waals surface area contributed by atoms with Crippen LogP contribution in [-0.2, 0) is 4.74 Å². The van der Waals surface area contributed by atoms with Crippen LogP contribution < -0.4 is 10.2 Å². The van der Waals surface area contributed by atoms with Gasteiger partial charge in [0.15, 0.2) is 5.58 Å². The van der Waals surface area contributed by atoms with Gasteiger partial charge in [0.2, 0.25) is 0 Å². The Bertz CT molecular complexity index is 1120. The molecule has 2 N–H and O–H groups in total. The van der Waals surface area contributed by atoms with Gasteiger partial charge in [0.1, 0.15) is 10.5 Å². The summed E-state index contributed by atoms with van der Waals surface area (Å²) >= 11 is 1.48. The van der Waals surface area contributed by atoms with E-state index in [0.717, 1.165) is 17.0 Å². The molecule has 0 saturated carbocycles. The highest BCUT2D eigenvalue weighted by molar-refractivity contribution is 7.13. The first-order valence-corrected chi connectivity index (χ1v) is 10.8. The molecule has 0 radical (unpaired) electrons. The first-order valence-electron chi connectivity index (χ1n) is 9.93. The van der Waals surface area contributed by atoms with Crippen molar-refractivity contribution < 1.29 is 23.8 Å². The number of methoxy groups -OCH3 is 1. The van der Waals surface area contributed by atoms with Crippen LogP contribution in [-0.4, -0.2) is 77.4 Å². The number of hydrogen-bond acceptors (Lipinski definition) is 8. The number of piperidine rings is 1. The molecule has 3 aliphatic heterocycles. The Morgan fingerprint density at radius 3 is 2.84 bits per heavy atom. The third-order valence-corrected chi connectivity index (χ3v) is 6.52. The summed E-state index contributed by atoms with van der Waals surface area (Å²) in [5, 5.41) is 14.8. The van der Waals surface area contributed by atoms with Gasteiger partial charge < -0.3 is 24.5 Å². The molecule has 162 valence electrons. The Hall–Kier alpha value is -3.18. The van der Waals surface area contributed by atoms with Crippen LogP contribution in [0.15, 0.2) is 28.1 Å². The smallest absolute Gasteiger partial charge is 0.407 e. The van der Waals surface area contributed by atoms with Gasteiger partial charge in [-0.1, -0.05) is 0 Å². The number of ether oxygens (including phenoxy) is 1. The summed E-state index contributed by atoms with van der Waals surface area (Å²) in [6, 6.07) is 3.81. The van der Waals surface area contributed by atoms with E-state index in [1.165, 1.54) is 16.2 Å². The Labute approximate surface area is 181 Å². The number of nitrogens with one attached hydrogen (secondary N) is 1. The van der Waals surface area contributed by atoms with Crippen LogP contribution in [0.2, 0.25) is 0 Å². The fraction of sp³-hybridized carbons (Fsp3) is 0.400. The summed E-state index contributed by atoms with van der Waals surface area (Å²) in [6.45, 7) is 1.82. The van der Waals surface area contributed by atoms with Crippen LogP contribution in [0.5, 0.6) is 0 Å². The minimum atomic E-state index is -0.889. The van der Waals surface area contributed by atoms with Crippen LogP contribution in [0.1, 0.15) is 16.8 Å². The van der Waals surface area contributed by atoms with Gasteiger partial charge in [0.05, 0.1) is 29.8 Å². The van der Waals surface area contributed by atoms with Gasteiger partial charge in [0.25, 0.3) is 11.9 Å². The Balaban J connectivity index is 1.51. The number of hydrogen-bond donors (Lipinski definition) is 2. The quantitative estimate of drug-likeness (QED) is 0.557. The Kier molecular flexibility index (Phi) is 4.98. The second kappa shape index (κ2) is 7.82. The molecular weight excluding hydrogens is 422 g/mol. The number of nitrogens with zero attached hydrogens (tertiary/aromatic N) is 4. The molecule has 2 amide bonds. The van der Waals surface area contributed by atoms with Crippen LogP contribution in [0, 0.1) is 0 Å². The molecule has 2 aromatic heterocycles. The number of carboxylic acid groups (broad SMARTS) is 1. The number of carbonyl (C=O) groups is 2. The molecule has 2 bridgehead atoms. The Morgan fingerprint density at radius 1 is 1.35 bits per heavy atom. The number of benzene rings is 1. The van der Waals surface area contributed by atoms with E-state index in [9.17, 15) is 14.7 Å². The molecule has 11 heteroatoms. The van der Waals surface area contributed by atoms with E-state index in [0.29, 0.717) is 48.9 Å². The van der Waals surface area contributed by atoms with E-state index in [1.54, 1.807) is 19.4 Å². The summed E-state index contributed by atoms with van der Waals surface area (Å²) in [4.78, 5) is 36.6. The van der Waals surface area contributed by atoms with E-state index in [-0.39, 0.29) is 18.0 Å². The zero-order valence-corrected chi connectivity index (χ0v) is 17.6. The predicted molar refractivity (Wildman–Crippen MR) is 114 cm³/mol. The SMILES string of the molecule is COCCNC(=O)c1ccc(-c2nccs2)c2oc(N3CC4CC(C3)N4C(=O)O)nc12. The van der Waals surface area contributed by atoms with Crippen LogP contribution in [0.3, 0.4) is 0 Å². The number of piperazine rings is 1. The van der Waals surface area contributed by atoms with Gasteiger partial charge in [0, 0.05) is 38.3 Å². The maximum atomic E-state index is 12.7. The molecule has 3 fully saturated rings. The second-order valence-electron chi connectivity index (χ2n) is 7.56. The zero-order valence-electron chi connectivity index (χ0n) is 16.8. The third kappa shape index (κ3) is 3.39. The first-order chi connectivity index (χ1) is 15.1. The monoisotopic (exact) mass is 443 g/mol. The summed E-state index contributed by atoms with van der Waals surface area (Å²) in [6.07, 6.45) is 1.67. The number of thiazole rings is 1. The lowest BCUT2D eigenvalue weighted by Gasteiger charge is -2.54. The topological polar surface area (TPSA) is 121 Å². The first kappa shape index (κ1) is 19.8. The van der Waals surface area contributed by atoms with Crippen molar-refractivity contribution in [3.8, 4) is 10.6 Å². The van der Waals surface area contributed by atoms with Crippen LogP contribution >= 0.6 is 11.3 Å². The van der Waals surface area contributed by atoms with Gasteiger partial charge in [-0.15, -0.1) is 11.3 Å². The molecule has 5 heterocycles. The molecule has 3 saturated heterocycles. The van der Waals surface area contributed by atoms with Crippen molar-refractivity contribution in [1.82, 2.24) is 20.2 Å². The van der Waals surface area contributed by atoms with E-state index < -0.39 is 6.09 Å². The molecule has 2 atom stereocenters. The normalized spacial score (nSPS) is 20.0. The summed E-state index contributed by atoms with van der Waals surface area (Å²) < 4.78 is 11.2. The van der Waals surface area contributed by atoms with Gasteiger partial charge in [-0.05, 0) is 18.6 Å². The number of carbonyl (C=O) groups excluding carboxylic acids is 1. The molecule has 6 rings (SSSR count). The van der Waals surface area contributed by atoms with Crippen molar-refractivity contribution >= 4 is 40.5 Å². The molecule has 0 aliphatic carbocycles. The minimum absolute atomic E-state index is 0.0680. The highest BCUT2D eigenvalue weighted by Gasteiger charge is 2.48. The second-order valence-corrected chi connectivity index (χ2v) is 8.45. The minimum Gasteiger partial charge on any atom is -0.465 e. The number of aromatic nitrogens is 2. The molecule has 3 aliphatic rings. The maximum Gasteiger partial charge on any atom is 0.407 e. The highest BCUT2D eigenvalue weighted by Crippen LogP contribution is 2.38. The highest BCUT2D eigenvalue weighted by atomic mass is 32.1. The van der Waals surface area contributed by atoms with Crippen molar-refractivity contribution in [3.05, 3.63) is 29.3 Å². The van der Waals surface area contributed by atoms with Crippen molar-refractivity contribution in [2.24, 2.45) is 0 Å². The lowest BCUT2D eigenvalue weighted by atomic mass is 9.88. The van der Waals surface area contributed by atoms with Gasteiger partial charge in [-0.2, -0.15) is 4.98 Å². The standard InChI is InChI=1S/C20H21N5O5S/c1-29-6-4-21-17(26)13-2-3-14(18-22-5-7-31-18)16-15(13)23-19(30-16)24-9-11-8-12(10-24)25(11)20(27)28/h2-3,5,7,11-12H,4,6,8-10H2,1H3,(H,21,26)(H,27,28). The van der Waals surface area contributed by atoms with Crippen molar-refractivity contribution in [3.63, 3.8) is 0 Å². The zero-order chi connectivity index (χ0) is 21.5. The van der Waals surface area contributed by atoms with Crippen LogP contribution in [0.25, 0.3) is 21.7 Å². The number of fused-ring (bicyclic) bond motifs is 3. The number of rotatable bonds is 6. The molecule has 0 spiro atoms. The molecule has 1 aromatic carbocycles. The molecule has 2 unspecified atom stereocenters. The van der Waals surface area contributed by atoms with Crippen molar-refractivity contribution in [2.75, 3.05) is 38.3 Å². The average molecular weight is 443 g/mol. The van der Waals surface area contributed by atoms with Gasteiger partial charge in [-0.3, -0.25) is 9.69 Å². The molecule has 3 aromatic rings.